The van der Waals surface area contributed by atoms with Gasteiger partial charge in [0.25, 0.3) is 5.56 Å². The van der Waals surface area contributed by atoms with Crippen LogP contribution in [0.4, 0.5) is 5.95 Å². The quantitative estimate of drug-likeness (QED) is 0.746. The van der Waals surface area contributed by atoms with Crippen LogP contribution in [-0.2, 0) is 26.1 Å². The molecular formula is C18H20N6O. The highest BCUT2D eigenvalue weighted by molar-refractivity contribution is 5.27. The number of nitrogens with one attached hydrogen (secondary N) is 1. The maximum absolute atomic E-state index is 12.1. The zero-order valence-electron chi connectivity index (χ0n) is 13.9. The minimum absolute atomic E-state index is 0.134. The first-order valence-corrected chi connectivity index (χ1v) is 8.32. The van der Waals surface area contributed by atoms with Crippen molar-refractivity contribution in [1.29, 1.82) is 0 Å². The monoisotopic (exact) mass is 336 g/mol. The van der Waals surface area contributed by atoms with E-state index < -0.39 is 0 Å². The Morgan fingerprint density at radius 3 is 2.88 bits per heavy atom. The smallest absolute Gasteiger partial charge is 0.257 e. The average molecular weight is 336 g/mol. The van der Waals surface area contributed by atoms with Crippen molar-refractivity contribution < 1.29 is 0 Å². The van der Waals surface area contributed by atoms with Gasteiger partial charge in [0.2, 0.25) is 5.95 Å². The standard InChI is InChI=1S/C18H20N6O/c19-18-21-16-6-7-23(11-15(16)17(25)22-18)10-14-8-20-12-24(14)9-13-4-2-1-3-5-13/h1-5,8,12H,6-7,9-11H2,(H3,19,21,22,25). The Kier molecular flexibility index (Phi) is 4.07. The summed E-state index contributed by atoms with van der Waals surface area (Å²) in [6, 6.07) is 10.3. The lowest BCUT2D eigenvalue weighted by molar-refractivity contribution is 0.236. The lowest BCUT2D eigenvalue weighted by Gasteiger charge is -2.27. The van der Waals surface area contributed by atoms with Gasteiger partial charge in [-0.05, 0) is 5.56 Å². The molecule has 0 atom stereocenters. The predicted octanol–water partition coefficient (Wildman–Crippen LogP) is 1.16. The Balaban J connectivity index is 1.50. The summed E-state index contributed by atoms with van der Waals surface area (Å²) in [5.41, 5.74) is 9.40. The minimum atomic E-state index is -0.134. The van der Waals surface area contributed by atoms with Gasteiger partial charge in [0.1, 0.15) is 0 Å². The van der Waals surface area contributed by atoms with E-state index in [-0.39, 0.29) is 11.5 Å². The fraction of sp³-hybridized carbons (Fsp3) is 0.278. The predicted molar refractivity (Wildman–Crippen MR) is 94.9 cm³/mol. The molecular weight excluding hydrogens is 316 g/mol. The number of nitrogens with two attached hydrogens (primary N) is 1. The van der Waals surface area contributed by atoms with Crippen LogP contribution in [0.3, 0.4) is 0 Å². The van der Waals surface area contributed by atoms with Crippen LogP contribution in [0.25, 0.3) is 0 Å². The SMILES string of the molecule is Nc1nc2c(c(=O)[nH]1)CN(Cc1cncn1Cc1ccccc1)CC2. The molecule has 3 heterocycles. The van der Waals surface area contributed by atoms with Crippen LogP contribution in [0.5, 0.6) is 0 Å². The third-order valence-electron chi connectivity index (χ3n) is 4.55. The molecule has 7 nitrogen and oxygen atoms in total. The number of hydrogen-bond donors (Lipinski definition) is 2. The van der Waals surface area contributed by atoms with E-state index in [1.807, 2.05) is 30.7 Å². The maximum Gasteiger partial charge on any atom is 0.257 e. The van der Waals surface area contributed by atoms with Gasteiger partial charge in [-0.25, -0.2) is 9.97 Å². The molecule has 0 saturated heterocycles. The second kappa shape index (κ2) is 6.52. The Morgan fingerprint density at radius 2 is 2.04 bits per heavy atom. The number of aromatic amines is 1. The molecule has 2 aromatic heterocycles. The normalized spacial score (nSPS) is 14.4. The van der Waals surface area contributed by atoms with Gasteiger partial charge in [-0.2, -0.15) is 0 Å². The van der Waals surface area contributed by atoms with E-state index >= 15 is 0 Å². The fourth-order valence-electron chi connectivity index (χ4n) is 3.27. The molecule has 0 saturated carbocycles. The zero-order valence-corrected chi connectivity index (χ0v) is 13.9. The van der Waals surface area contributed by atoms with E-state index in [4.69, 9.17) is 5.73 Å². The van der Waals surface area contributed by atoms with E-state index in [0.29, 0.717) is 6.54 Å². The number of imidazole rings is 1. The molecule has 7 heteroatoms. The van der Waals surface area contributed by atoms with Crippen LogP contribution >= 0.6 is 0 Å². The first-order valence-electron chi connectivity index (χ1n) is 8.32. The molecule has 3 N–H and O–H groups in total. The highest BCUT2D eigenvalue weighted by atomic mass is 16.1. The summed E-state index contributed by atoms with van der Waals surface area (Å²) in [6.07, 6.45) is 4.48. The van der Waals surface area contributed by atoms with Gasteiger partial charge in [0, 0.05) is 38.8 Å². The summed E-state index contributed by atoms with van der Waals surface area (Å²) in [6.45, 7) is 2.96. The molecule has 3 aromatic rings. The van der Waals surface area contributed by atoms with Crippen molar-refractivity contribution >= 4 is 5.95 Å². The van der Waals surface area contributed by atoms with Crippen molar-refractivity contribution in [2.75, 3.05) is 12.3 Å². The molecule has 1 aliphatic rings. The summed E-state index contributed by atoms with van der Waals surface area (Å²) in [5.74, 6) is 0.193. The van der Waals surface area contributed by atoms with Crippen molar-refractivity contribution in [2.45, 2.75) is 26.1 Å². The molecule has 0 bridgehead atoms. The van der Waals surface area contributed by atoms with E-state index in [1.54, 1.807) is 0 Å². The van der Waals surface area contributed by atoms with Crippen LogP contribution in [0, 0.1) is 0 Å². The van der Waals surface area contributed by atoms with E-state index in [0.717, 1.165) is 43.0 Å². The summed E-state index contributed by atoms with van der Waals surface area (Å²) >= 11 is 0. The van der Waals surface area contributed by atoms with Gasteiger partial charge < -0.3 is 10.3 Å². The average Bonchev–Trinajstić information content (AvgIpc) is 3.03. The van der Waals surface area contributed by atoms with Gasteiger partial charge >= 0.3 is 0 Å². The fourth-order valence-corrected chi connectivity index (χ4v) is 3.27. The Labute approximate surface area is 145 Å². The Morgan fingerprint density at radius 1 is 1.20 bits per heavy atom. The number of H-pyrrole nitrogens is 1. The van der Waals surface area contributed by atoms with Crippen LogP contribution in [-0.4, -0.2) is 31.0 Å². The van der Waals surface area contributed by atoms with Gasteiger partial charge in [0.05, 0.1) is 23.3 Å². The number of rotatable bonds is 4. The molecule has 0 amide bonds. The molecule has 25 heavy (non-hydrogen) atoms. The summed E-state index contributed by atoms with van der Waals surface area (Å²) in [7, 11) is 0. The first-order chi connectivity index (χ1) is 12.2. The number of nitrogens with zero attached hydrogens (tertiary/aromatic N) is 4. The van der Waals surface area contributed by atoms with E-state index in [1.165, 1.54) is 5.56 Å². The van der Waals surface area contributed by atoms with Crippen molar-refractivity contribution in [1.82, 2.24) is 24.4 Å². The molecule has 0 spiro atoms. The Bertz CT molecular complexity index is 930. The third-order valence-corrected chi connectivity index (χ3v) is 4.55. The highest BCUT2D eigenvalue weighted by Gasteiger charge is 2.21. The maximum atomic E-state index is 12.1. The van der Waals surface area contributed by atoms with Crippen LogP contribution < -0.4 is 11.3 Å². The molecule has 1 aliphatic heterocycles. The largest absolute Gasteiger partial charge is 0.369 e. The molecule has 4 rings (SSSR count). The molecule has 0 aliphatic carbocycles. The molecule has 1 aromatic carbocycles. The minimum Gasteiger partial charge on any atom is -0.369 e. The second-order valence-electron chi connectivity index (χ2n) is 6.34. The van der Waals surface area contributed by atoms with Crippen molar-refractivity contribution in [3.05, 3.63) is 75.7 Å². The number of hydrogen-bond acceptors (Lipinski definition) is 5. The van der Waals surface area contributed by atoms with E-state index in [2.05, 4.69) is 36.6 Å². The van der Waals surface area contributed by atoms with Gasteiger partial charge in [-0.3, -0.25) is 14.7 Å². The van der Waals surface area contributed by atoms with Gasteiger partial charge in [0.15, 0.2) is 0 Å². The second-order valence-corrected chi connectivity index (χ2v) is 6.34. The number of benzene rings is 1. The molecule has 0 unspecified atom stereocenters. The summed E-state index contributed by atoms with van der Waals surface area (Å²) in [5, 5.41) is 0. The number of fused-ring (bicyclic) bond motifs is 1. The Hall–Kier alpha value is -2.93. The lowest BCUT2D eigenvalue weighted by atomic mass is 10.1. The van der Waals surface area contributed by atoms with Crippen LogP contribution in [0.15, 0.2) is 47.7 Å². The zero-order chi connectivity index (χ0) is 17.2. The van der Waals surface area contributed by atoms with Crippen molar-refractivity contribution in [3.8, 4) is 0 Å². The number of anilines is 1. The first kappa shape index (κ1) is 15.6. The number of aromatic nitrogens is 4. The van der Waals surface area contributed by atoms with Gasteiger partial charge in [-0.1, -0.05) is 30.3 Å². The van der Waals surface area contributed by atoms with Crippen molar-refractivity contribution in [2.24, 2.45) is 0 Å². The van der Waals surface area contributed by atoms with Crippen LogP contribution in [0.2, 0.25) is 0 Å². The summed E-state index contributed by atoms with van der Waals surface area (Å²) < 4.78 is 2.15. The topological polar surface area (TPSA) is 92.8 Å². The molecule has 0 radical (unpaired) electrons. The third kappa shape index (κ3) is 3.32. The van der Waals surface area contributed by atoms with E-state index in [9.17, 15) is 4.79 Å². The van der Waals surface area contributed by atoms with Gasteiger partial charge in [-0.15, -0.1) is 0 Å². The van der Waals surface area contributed by atoms with Crippen molar-refractivity contribution in [3.63, 3.8) is 0 Å². The van der Waals surface area contributed by atoms with Crippen LogP contribution in [0.1, 0.15) is 22.5 Å². The number of nitrogen functional groups attached to an aromatic ring is 1. The molecule has 0 fully saturated rings. The summed E-state index contributed by atoms with van der Waals surface area (Å²) in [4.78, 5) is 25.5. The highest BCUT2D eigenvalue weighted by Crippen LogP contribution is 2.17. The molecule has 128 valence electrons. The lowest BCUT2D eigenvalue weighted by Crippen LogP contribution is -2.36.